The summed E-state index contributed by atoms with van der Waals surface area (Å²) in [5.41, 5.74) is 1.93. The molecule has 2 aliphatic rings. The molecule has 0 radical (unpaired) electrons. The van der Waals surface area contributed by atoms with Crippen molar-refractivity contribution in [3.05, 3.63) is 29.3 Å². The van der Waals surface area contributed by atoms with Gasteiger partial charge in [0.1, 0.15) is 5.75 Å². The first-order valence-electron chi connectivity index (χ1n) is 9.63. The molecule has 1 saturated carbocycles. The van der Waals surface area contributed by atoms with Crippen molar-refractivity contribution in [1.29, 1.82) is 0 Å². The summed E-state index contributed by atoms with van der Waals surface area (Å²) < 4.78 is 5.63. The Balaban J connectivity index is 1.47. The molecule has 1 atom stereocenters. The van der Waals surface area contributed by atoms with Crippen LogP contribution in [0.4, 0.5) is 0 Å². The molecule has 134 valence electrons. The van der Waals surface area contributed by atoms with Gasteiger partial charge in [0.2, 0.25) is 0 Å². The first-order valence-corrected chi connectivity index (χ1v) is 9.63. The van der Waals surface area contributed by atoms with E-state index in [-0.39, 0.29) is 0 Å². The Hall–Kier alpha value is -1.06. The average molecular weight is 332 g/mol. The zero-order valence-corrected chi connectivity index (χ0v) is 15.5. The molecule has 1 heterocycles. The van der Waals surface area contributed by atoms with Crippen LogP contribution in [0.25, 0.3) is 0 Å². The molecular formula is C21H33NO2. The lowest BCUT2D eigenvalue weighted by Gasteiger charge is -2.39. The van der Waals surface area contributed by atoms with Crippen LogP contribution in [0.15, 0.2) is 18.2 Å². The molecule has 0 spiro atoms. The lowest BCUT2D eigenvalue weighted by molar-refractivity contribution is -0.0240. The Morgan fingerprint density at radius 3 is 2.71 bits per heavy atom. The van der Waals surface area contributed by atoms with Crippen LogP contribution >= 0.6 is 0 Å². The van der Waals surface area contributed by atoms with E-state index in [2.05, 4.69) is 37.4 Å². The molecule has 0 saturated heterocycles. The van der Waals surface area contributed by atoms with Crippen molar-refractivity contribution in [1.82, 2.24) is 5.32 Å². The highest BCUT2D eigenvalue weighted by Crippen LogP contribution is 2.38. The van der Waals surface area contributed by atoms with Gasteiger partial charge in [0.15, 0.2) is 0 Å². The smallest absolute Gasteiger partial charge is 0.122 e. The number of aliphatic hydroxyl groups is 1. The number of hydrogen-bond donors (Lipinski definition) is 2. The van der Waals surface area contributed by atoms with Crippen LogP contribution in [0.5, 0.6) is 5.75 Å². The minimum atomic E-state index is -0.616. The van der Waals surface area contributed by atoms with E-state index in [1.54, 1.807) is 0 Å². The Labute approximate surface area is 146 Å². The molecule has 3 rings (SSSR count). The fourth-order valence-electron chi connectivity index (χ4n) is 4.33. The molecule has 3 heteroatoms. The predicted octanol–water partition coefficient (Wildman–Crippen LogP) is 3.92. The fraction of sp³-hybridized carbons (Fsp3) is 0.714. The van der Waals surface area contributed by atoms with Crippen molar-refractivity contribution in [2.75, 3.05) is 13.2 Å². The molecule has 1 aromatic rings. The summed E-state index contributed by atoms with van der Waals surface area (Å²) in [6.45, 7) is 8.90. The summed E-state index contributed by atoms with van der Waals surface area (Å²) in [4.78, 5) is 0. The van der Waals surface area contributed by atoms with E-state index in [1.807, 2.05) is 6.92 Å². The number of benzene rings is 1. The summed E-state index contributed by atoms with van der Waals surface area (Å²) in [5.74, 6) is 3.07. The normalized spacial score (nSPS) is 26.0. The number of ether oxygens (including phenoxy) is 1. The third-order valence-corrected chi connectivity index (χ3v) is 6.17. The lowest BCUT2D eigenvalue weighted by Crippen LogP contribution is -2.45. The van der Waals surface area contributed by atoms with Crippen molar-refractivity contribution < 1.29 is 9.84 Å². The summed E-state index contributed by atoms with van der Waals surface area (Å²) in [5, 5.41) is 14.4. The molecule has 1 aromatic carbocycles. The molecule has 2 N–H and O–H groups in total. The fourth-order valence-corrected chi connectivity index (χ4v) is 4.33. The highest BCUT2D eigenvalue weighted by molar-refractivity contribution is 5.40. The number of nitrogens with one attached hydrogen (secondary N) is 1. The molecular weight excluding hydrogens is 298 g/mol. The van der Waals surface area contributed by atoms with Crippen LogP contribution < -0.4 is 10.1 Å². The van der Waals surface area contributed by atoms with Gasteiger partial charge in [0, 0.05) is 19.5 Å². The summed E-state index contributed by atoms with van der Waals surface area (Å²) in [7, 11) is 0. The molecule has 1 unspecified atom stereocenters. The first kappa shape index (κ1) is 17.8. The van der Waals surface area contributed by atoms with E-state index in [0.717, 1.165) is 50.0 Å². The van der Waals surface area contributed by atoms with Crippen molar-refractivity contribution >= 4 is 0 Å². The molecule has 0 amide bonds. The minimum Gasteiger partial charge on any atom is -0.493 e. The van der Waals surface area contributed by atoms with E-state index < -0.39 is 5.60 Å². The number of fused-ring (bicyclic) bond motifs is 1. The van der Waals surface area contributed by atoms with Gasteiger partial charge in [-0.2, -0.15) is 0 Å². The Kier molecular flexibility index (Phi) is 5.51. The van der Waals surface area contributed by atoms with Gasteiger partial charge in [-0.3, -0.25) is 0 Å². The van der Waals surface area contributed by atoms with Gasteiger partial charge in [-0.25, -0.2) is 0 Å². The monoisotopic (exact) mass is 331 g/mol. The maximum Gasteiger partial charge on any atom is 0.122 e. The lowest BCUT2D eigenvalue weighted by atomic mass is 9.71. The largest absolute Gasteiger partial charge is 0.493 e. The van der Waals surface area contributed by atoms with E-state index in [4.69, 9.17) is 4.74 Å². The zero-order chi connectivity index (χ0) is 17.2. The van der Waals surface area contributed by atoms with Crippen molar-refractivity contribution in [2.24, 2.45) is 17.8 Å². The van der Waals surface area contributed by atoms with Crippen LogP contribution in [0, 0.1) is 17.8 Å². The van der Waals surface area contributed by atoms with Crippen molar-refractivity contribution in [2.45, 2.75) is 65.0 Å². The summed E-state index contributed by atoms with van der Waals surface area (Å²) in [6, 6.07) is 6.48. The van der Waals surface area contributed by atoms with E-state index >= 15 is 0 Å². The molecule has 1 fully saturated rings. The first-order chi connectivity index (χ1) is 11.5. The van der Waals surface area contributed by atoms with Crippen LogP contribution in [-0.2, 0) is 13.0 Å². The molecule has 0 bridgehead atoms. The number of rotatable bonds is 6. The van der Waals surface area contributed by atoms with Crippen molar-refractivity contribution in [3.8, 4) is 5.75 Å². The van der Waals surface area contributed by atoms with Crippen LogP contribution in [-0.4, -0.2) is 23.9 Å². The van der Waals surface area contributed by atoms with Gasteiger partial charge in [0.25, 0.3) is 0 Å². The van der Waals surface area contributed by atoms with Gasteiger partial charge >= 0.3 is 0 Å². The molecule has 1 aliphatic carbocycles. The van der Waals surface area contributed by atoms with Gasteiger partial charge in [-0.1, -0.05) is 26.0 Å². The molecule has 1 aliphatic heterocycles. The van der Waals surface area contributed by atoms with Gasteiger partial charge in [-0.05, 0) is 67.6 Å². The second-order valence-electron chi connectivity index (χ2n) is 8.36. The maximum atomic E-state index is 10.9. The predicted molar refractivity (Wildman–Crippen MR) is 98.3 cm³/mol. The topological polar surface area (TPSA) is 41.5 Å². The van der Waals surface area contributed by atoms with Crippen LogP contribution in [0.1, 0.15) is 57.6 Å². The van der Waals surface area contributed by atoms with Crippen molar-refractivity contribution in [3.63, 3.8) is 0 Å². The van der Waals surface area contributed by atoms with E-state index in [1.165, 1.54) is 24.0 Å². The van der Waals surface area contributed by atoms with Crippen LogP contribution in [0.3, 0.4) is 0 Å². The zero-order valence-electron chi connectivity index (χ0n) is 15.5. The van der Waals surface area contributed by atoms with Gasteiger partial charge in [0.05, 0.1) is 12.2 Å². The number of hydrogen-bond acceptors (Lipinski definition) is 3. The minimum absolute atomic E-state index is 0.420. The Morgan fingerprint density at radius 1 is 1.25 bits per heavy atom. The molecule has 0 aromatic heterocycles. The van der Waals surface area contributed by atoms with Crippen LogP contribution in [0.2, 0.25) is 0 Å². The quantitative estimate of drug-likeness (QED) is 0.830. The standard InChI is InChI=1S/C21H33NO2/c1-15(2)17-6-8-19(9-7-17)21(3,23)14-22-13-16-4-5-18-10-11-24-20(18)12-16/h4-5,12,15,17,19,22-23H,6-11,13-14H2,1-3H3. The van der Waals surface area contributed by atoms with E-state index in [0.29, 0.717) is 12.5 Å². The van der Waals surface area contributed by atoms with Gasteiger partial charge in [-0.15, -0.1) is 0 Å². The second kappa shape index (κ2) is 7.45. The third-order valence-electron chi connectivity index (χ3n) is 6.17. The highest BCUT2D eigenvalue weighted by Gasteiger charge is 2.35. The Morgan fingerprint density at radius 2 is 2.00 bits per heavy atom. The summed E-state index contributed by atoms with van der Waals surface area (Å²) in [6.07, 6.45) is 5.87. The highest BCUT2D eigenvalue weighted by atomic mass is 16.5. The average Bonchev–Trinajstić information content (AvgIpc) is 3.02. The SMILES string of the molecule is CC(C)C1CCC(C(C)(O)CNCc2ccc3c(c2)OCC3)CC1. The summed E-state index contributed by atoms with van der Waals surface area (Å²) >= 11 is 0. The second-order valence-corrected chi connectivity index (χ2v) is 8.36. The van der Waals surface area contributed by atoms with E-state index in [9.17, 15) is 5.11 Å². The molecule has 3 nitrogen and oxygen atoms in total. The third kappa shape index (κ3) is 4.12. The Bertz CT molecular complexity index is 545. The van der Waals surface area contributed by atoms with Gasteiger partial charge < -0.3 is 15.2 Å². The molecule has 24 heavy (non-hydrogen) atoms. The maximum absolute atomic E-state index is 10.9.